The van der Waals surface area contributed by atoms with Crippen molar-refractivity contribution < 1.29 is 0 Å². The third-order valence-corrected chi connectivity index (χ3v) is 8.03. The SMILES string of the molecule is Clc1cccc(C2(c3ccccc3)c3ccccc3-c3c(-c4ccccc4)cc(-c4ccccc4)cc32)c1. The maximum absolute atomic E-state index is 6.68. The van der Waals surface area contributed by atoms with Crippen molar-refractivity contribution in [2.75, 3.05) is 0 Å². The van der Waals surface area contributed by atoms with Crippen molar-refractivity contribution in [3.05, 3.63) is 179 Å². The van der Waals surface area contributed by atoms with Gasteiger partial charge in [-0.15, -0.1) is 0 Å². The van der Waals surface area contributed by atoms with Crippen LogP contribution < -0.4 is 0 Å². The molecule has 38 heavy (non-hydrogen) atoms. The molecule has 0 heterocycles. The second kappa shape index (κ2) is 9.17. The molecular formula is C37H25Cl. The van der Waals surface area contributed by atoms with Crippen molar-refractivity contribution in [1.82, 2.24) is 0 Å². The van der Waals surface area contributed by atoms with Crippen LogP contribution >= 0.6 is 11.6 Å². The standard InChI is InChI=1S/C37H25Cl/c38-31-20-12-19-30(25-31)37(29-17-8-3-9-18-29)34-22-11-10-21-32(34)36-33(27-15-6-2-7-16-27)23-28(24-35(36)37)26-13-4-1-5-14-26/h1-25H. The van der Waals surface area contributed by atoms with E-state index in [-0.39, 0.29) is 0 Å². The Bertz CT molecular complexity index is 1750. The minimum absolute atomic E-state index is 0.508. The lowest BCUT2D eigenvalue weighted by Crippen LogP contribution is -2.28. The van der Waals surface area contributed by atoms with Crippen molar-refractivity contribution in [2.45, 2.75) is 5.41 Å². The molecule has 0 amide bonds. The quantitative estimate of drug-likeness (QED) is 0.223. The molecule has 0 nitrogen and oxygen atoms in total. The average Bonchev–Trinajstić information content (AvgIpc) is 3.29. The molecule has 0 aromatic heterocycles. The first-order valence-electron chi connectivity index (χ1n) is 13.0. The molecule has 1 unspecified atom stereocenters. The molecule has 0 fully saturated rings. The number of benzene rings is 6. The van der Waals surface area contributed by atoms with Gasteiger partial charge in [0.15, 0.2) is 0 Å². The summed E-state index contributed by atoms with van der Waals surface area (Å²) in [4.78, 5) is 0. The molecule has 1 heteroatoms. The van der Waals surface area contributed by atoms with Crippen LogP contribution in [0.5, 0.6) is 0 Å². The van der Waals surface area contributed by atoms with E-state index in [0.717, 1.165) is 5.02 Å². The molecule has 180 valence electrons. The molecule has 1 aliphatic carbocycles. The predicted octanol–water partition coefficient (Wildman–Crippen LogP) is 10.0. The third-order valence-electron chi connectivity index (χ3n) is 7.80. The summed E-state index contributed by atoms with van der Waals surface area (Å²) in [5.41, 5.74) is 11.9. The van der Waals surface area contributed by atoms with Gasteiger partial charge in [-0.3, -0.25) is 0 Å². The number of hydrogen-bond acceptors (Lipinski definition) is 0. The summed E-state index contributed by atoms with van der Waals surface area (Å²) < 4.78 is 0. The van der Waals surface area contributed by atoms with Crippen LogP contribution in [0.2, 0.25) is 5.02 Å². The Labute approximate surface area is 228 Å². The second-order valence-electron chi connectivity index (χ2n) is 9.85. The van der Waals surface area contributed by atoms with E-state index in [1.54, 1.807) is 0 Å². The number of fused-ring (bicyclic) bond motifs is 3. The van der Waals surface area contributed by atoms with Gasteiger partial charge in [0, 0.05) is 5.02 Å². The first-order valence-corrected chi connectivity index (χ1v) is 13.4. The second-order valence-corrected chi connectivity index (χ2v) is 10.3. The molecule has 1 aliphatic rings. The number of rotatable bonds is 4. The topological polar surface area (TPSA) is 0 Å². The van der Waals surface area contributed by atoms with E-state index in [1.807, 2.05) is 6.07 Å². The van der Waals surface area contributed by atoms with Gasteiger partial charge in [-0.1, -0.05) is 139 Å². The molecule has 0 bridgehead atoms. The summed E-state index contributed by atoms with van der Waals surface area (Å²) in [5.74, 6) is 0. The van der Waals surface area contributed by atoms with E-state index in [9.17, 15) is 0 Å². The van der Waals surface area contributed by atoms with Crippen molar-refractivity contribution in [3.63, 3.8) is 0 Å². The molecule has 0 aliphatic heterocycles. The Morgan fingerprint density at radius 2 is 1.00 bits per heavy atom. The first-order chi connectivity index (χ1) is 18.8. The summed E-state index contributed by atoms with van der Waals surface area (Å²) in [6.45, 7) is 0. The summed E-state index contributed by atoms with van der Waals surface area (Å²) in [5, 5.41) is 0.742. The van der Waals surface area contributed by atoms with Gasteiger partial charge in [0.25, 0.3) is 0 Å². The smallest absolute Gasteiger partial charge is 0.0714 e. The van der Waals surface area contributed by atoms with Gasteiger partial charge in [-0.05, 0) is 79.9 Å². The van der Waals surface area contributed by atoms with E-state index in [4.69, 9.17) is 11.6 Å². The van der Waals surface area contributed by atoms with Crippen LogP contribution in [0.3, 0.4) is 0 Å². The van der Waals surface area contributed by atoms with Crippen LogP contribution in [-0.2, 0) is 5.41 Å². The van der Waals surface area contributed by atoms with Gasteiger partial charge in [0.1, 0.15) is 0 Å². The number of halogens is 1. The van der Waals surface area contributed by atoms with E-state index < -0.39 is 5.41 Å². The fourth-order valence-corrected chi connectivity index (χ4v) is 6.43. The lowest BCUT2D eigenvalue weighted by atomic mass is 9.67. The largest absolute Gasteiger partial charge is 0.0843 e. The predicted molar refractivity (Wildman–Crippen MR) is 160 cm³/mol. The van der Waals surface area contributed by atoms with Gasteiger partial charge in [0.05, 0.1) is 5.41 Å². The minimum Gasteiger partial charge on any atom is -0.0843 e. The van der Waals surface area contributed by atoms with Gasteiger partial charge in [-0.2, -0.15) is 0 Å². The van der Waals surface area contributed by atoms with Crippen LogP contribution in [0, 0.1) is 0 Å². The highest BCUT2D eigenvalue weighted by atomic mass is 35.5. The molecule has 0 saturated heterocycles. The molecule has 6 aromatic rings. The summed E-state index contributed by atoms with van der Waals surface area (Å²) >= 11 is 6.68. The lowest BCUT2D eigenvalue weighted by molar-refractivity contribution is 0.769. The van der Waals surface area contributed by atoms with Crippen LogP contribution in [-0.4, -0.2) is 0 Å². The van der Waals surface area contributed by atoms with Crippen LogP contribution in [0.1, 0.15) is 22.3 Å². The van der Waals surface area contributed by atoms with E-state index >= 15 is 0 Å². The van der Waals surface area contributed by atoms with Crippen LogP contribution in [0.15, 0.2) is 152 Å². The highest BCUT2D eigenvalue weighted by Crippen LogP contribution is 2.59. The average molecular weight is 505 g/mol. The molecule has 0 radical (unpaired) electrons. The van der Waals surface area contributed by atoms with Gasteiger partial charge in [-0.25, -0.2) is 0 Å². The van der Waals surface area contributed by atoms with Crippen LogP contribution in [0.4, 0.5) is 0 Å². The summed E-state index contributed by atoms with van der Waals surface area (Å²) in [7, 11) is 0. The Morgan fingerprint density at radius 1 is 0.395 bits per heavy atom. The Morgan fingerprint density at radius 3 is 1.71 bits per heavy atom. The zero-order valence-corrected chi connectivity index (χ0v) is 21.6. The molecule has 6 aromatic carbocycles. The zero-order valence-electron chi connectivity index (χ0n) is 20.8. The van der Waals surface area contributed by atoms with Crippen molar-refractivity contribution in [2.24, 2.45) is 0 Å². The molecule has 0 spiro atoms. The summed E-state index contributed by atoms with van der Waals surface area (Å²) in [6.07, 6.45) is 0. The molecule has 0 N–H and O–H groups in total. The van der Waals surface area contributed by atoms with Gasteiger partial charge >= 0.3 is 0 Å². The maximum Gasteiger partial charge on any atom is 0.0714 e. The third kappa shape index (κ3) is 3.45. The van der Waals surface area contributed by atoms with Crippen molar-refractivity contribution in [1.29, 1.82) is 0 Å². The maximum atomic E-state index is 6.68. The molecule has 0 saturated carbocycles. The number of hydrogen-bond donors (Lipinski definition) is 0. The Balaban J connectivity index is 1.69. The Kier molecular flexibility index (Phi) is 5.50. The molecule has 1 atom stereocenters. The highest BCUT2D eigenvalue weighted by Gasteiger charge is 2.47. The van der Waals surface area contributed by atoms with Gasteiger partial charge < -0.3 is 0 Å². The molecular weight excluding hydrogens is 480 g/mol. The van der Waals surface area contributed by atoms with E-state index in [2.05, 4.69) is 146 Å². The van der Waals surface area contributed by atoms with Crippen LogP contribution in [0.25, 0.3) is 33.4 Å². The summed E-state index contributed by atoms with van der Waals surface area (Å²) in [6, 6.07) is 54.4. The van der Waals surface area contributed by atoms with E-state index in [1.165, 1.54) is 55.6 Å². The fourth-order valence-electron chi connectivity index (χ4n) is 6.24. The molecule has 7 rings (SSSR count). The fraction of sp³-hybridized carbons (Fsp3) is 0.0270. The first kappa shape index (κ1) is 22.8. The van der Waals surface area contributed by atoms with Gasteiger partial charge in [0.2, 0.25) is 0 Å². The van der Waals surface area contributed by atoms with Crippen molar-refractivity contribution >= 4 is 11.6 Å². The Hall–Kier alpha value is -4.39. The highest BCUT2D eigenvalue weighted by molar-refractivity contribution is 6.30. The monoisotopic (exact) mass is 504 g/mol. The van der Waals surface area contributed by atoms with Crippen molar-refractivity contribution in [3.8, 4) is 33.4 Å². The minimum atomic E-state index is -0.508. The van der Waals surface area contributed by atoms with E-state index in [0.29, 0.717) is 0 Å². The normalized spacial score (nSPS) is 15.6. The zero-order chi connectivity index (χ0) is 25.5. The lowest BCUT2D eigenvalue weighted by Gasteiger charge is -2.34.